The highest BCUT2D eigenvalue weighted by Crippen LogP contribution is 2.37. The van der Waals surface area contributed by atoms with Gasteiger partial charge >= 0.3 is 0 Å². The Morgan fingerprint density at radius 3 is 2.71 bits per heavy atom. The quantitative estimate of drug-likeness (QED) is 0.532. The molecule has 1 unspecified atom stereocenters. The van der Waals surface area contributed by atoms with Gasteiger partial charge in [-0.3, -0.25) is 0 Å². The summed E-state index contributed by atoms with van der Waals surface area (Å²) in [6, 6.07) is 17.7. The molecule has 0 radical (unpaired) electrons. The summed E-state index contributed by atoms with van der Waals surface area (Å²) >= 11 is 3.65. The zero-order valence-electron chi connectivity index (χ0n) is 11.7. The normalized spacial score (nSPS) is 13.0. The second-order valence-electron chi connectivity index (χ2n) is 5.10. The van der Waals surface area contributed by atoms with Gasteiger partial charge in [0.25, 0.3) is 0 Å². The van der Waals surface area contributed by atoms with Crippen LogP contribution in [0.3, 0.4) is 0 Å². The fourth-order valence-electron chi connectivity index (χ4n) is 2.94. The molecule has 1 N–H and O–H groups in total. The maximum Gasteiger partial charge on any atom is 0.0602 e. The van der Waals surface area contributed by atoms with Gasteiger partial charge in [0.1, 0.15) is 0 Å². The molecular formula is C18H15NS2. The van der Waals surface area contributed by atoms with Crippen molar-refractivity contribution >= 4 is 42.8 Å². The van der Waals surface area contributed by atoms with Crippen LogP contribution in [0.2, 0.25) is 0 Å². The van der Waals surface area contributed by atoms with Gasteiger partial charge in [-0.15, -0.1) is 22.7 Å². The smallest absolute Gasteiger partial charge is 0.0602 e. The van der Waals surface area contributed by atoms with Crippen LogP contribution in [0.4, 0.5) is 0 Å². The van der Waals surface area contributed by atoms with Crippen molar-refractivity contribution < 1.29 is 0 Å². The lowest BCUT2D eigenvalue weighted by Gasteiger charge is -2.17. The van der Waals surface area contributed by atoms with Gasteiger partial charge in [-0.1, -0.05) is 36.4 Å². The lowest BCUT2D eigenvalue weighted by molar-refractivity contribution is 0.705. The van der Waals surface area contributed by atoms with Crippen molar-refractivity contribution in [2.45, 2.75) is 6.04 Å². The summed E-state index contributed by atoms with van der Waals surface area (Å²) in [5, 5.41) is 10.7. The Hall–Kier alpha value is -1.68. The maximum absolute atomic E-state index is 3.51. The van der Waals surface area contributed by atoms with Crippen molar-refractivity contribution in [1.29, 1.82) is 0 Å². The van der Waals surface area contributed by atoms with Crippen LogP contribution >= 0.6 is 22.7 Å². The molecule has 0 spiro atoms. The molecule has 0 aliphatic heterocycles. The topological polar surface area (TPSA) is 12.0 Å². The van der Waals surface area contributed by atoms with Crippen molar-refractivity contribution in [3.63, 3.8) is 0 Å². The summed E-state index contributed by atoms with van der Waals surface area (Å²) in [5.74, 6) is 0. The molecular weight excluding hydrogens is 294 g/mol. The van der Waals surface area contributed by atoms with Gasteiger partial charge in [-0.2, -0.15) is 0 Å². The van der Waals surface area contributed by atoms with Crippen LogP contribution in [-0.2, 0) is 0 Å². The number of nitrogens with one attached hydrogen (secondary N) is 1. The van der Waals surface area contributed by atoms with Gasteiger partial charge in [-0.05, 0) is 51.8 Å². The molecule has 0 bridgehead atoms. The Kier molecular flexibility index (Phi) is 3.26. The van der Waals surface area contributed by atoms with E-state index in [4.69, 9.17) is 0 Å². The third kappa shape index (κ3) is 2.09. The molecule has 4 aromatic rings. The second-order valence-corrected chi connectivity index (χ2v) is 6.92. The lowest BCUT2D eigenvalue weighted by Crippen LogP contribution is -2.17. The summed E-state index contributed by atoms with van der Waals surface area (Å²) in [6.45, 7) is 0. The molecule has 0 saturated carbocycles. The van der Waals surface area contributed by atoms with E-state index in [2.05, 4.69) is 64.6 Å². The summed E-state index contributed by atoms with van der Waals surface area (Å²) in [7, 11) is 2.05. The Bertz CT molecular complexity index is 904. The molecule has 104 valence electrons. The number of benzene rings is 2. The first-order chi connectivity index (χ1) is 10.4. The van der Waals surface area contributed by atoms with E-state index in [1.807, 2.05) is 29.7 Å². The third-order valence-electron chi connectivity index (χ3n) is 3.93. The molecule has 2 aromatic heterocycles. The molecule has 0 aliphatic rings. The van der Waals surface area contributed by atoms with E-state index in [-0.39, 0.29) is 6.04 Å². The van der Waals surface area contributed by atoms with Gasteiger partial charge in [0.05, 0.1) is 6.04 Å². The predicted molar refractivity (Wildman–Crippen MR) is 94.6 cm³/mol. The standard InChI is InChI=1S/C18H15NS2/c1-19-17(14-7-4-5-12-9-10-20-18(12)14)15-11-21-16-8-3-2-6-13(15)16/h2-11,17,19H,1H3. The van der Waals surface area contributed by atoms with Gasteiger partial charge in [0.15, 0.2) is 0 Å². The number of thiophene rings is 2. The van der Waals surface area contributed by atoms with Crippen LogP contribution in [0.15, 0.2) is 59.3 Å². The SMILES string of the molecule is CNC(c1csc2ccccc12)c1cccc2ccsc12. The van der Waals surface area contributed by atoms with E-state index in [1.54, 1.807) is 0 Å². The monoisotopic (exact) mass is 309 g/mol. The Morgan fingerprint density at radius 2 is 1.81 bits per heavy atom. The molecule has 0 saturated heterocycles. The summed E-state index contributed by atoms with van der Waals surface area (Å²) in [5.41, 5.74) is 2.74. The molecule has 1 nitrogen and oxygen atoms in total. The van der Waals surface area contributed by atoms with Crippen LogP contribution in [-0.4, -0.2) is 7.05 Å². The minimum absolute atomic E-state index is 0.239. The predicted octanol–water partition coefficient (Wildman–Crippen LogP) is 5.42. The van der Waals surface area contributed by atoms with E-state index in [9.17, 15) is 0 Å². The van der Waals surface area contributed by atoms with Crippen LogP contribution in [0.25, 0.3) is 20.2 Å². The molecule has 1 atom stereocenters. The van der Waals surface area contributed by atoms with Crippen molar-refractivity contribution in [1.82, 2.24) is 5.32 Å². The van der Waals surface area contributed by atoms with E-state index in [0.29, 0.717) is 0 Å². The highest BCUT2D eigenvalue weighted by atomic mass is 32.1. The van der Waals surface area contributed by atoms with Crippen molar-refractivity contribution in [3.8, 4) is 0 Å². The summed E-state index contributed by atoms with van der Waals surface area (Å²) in [4.78, 5) is 0. The van der Waals surface area contributed by atoms with E-state index in [0.717, 1.165) is 0 Å². The van der Waals surface area contributed by atoms with Crippen molar-refractivity contribution in [2.24, 2.45) is 0 Å². The van der Waals surface area contributed by atoms with Gasteiger partial charge in [0, 0.05) is 9.40 Å². The van der Waals surface area contributed by atoms with E-state index < -0.39 is 0 Å². The third-order valence-corrected chi connectivity index (χ3v) is 5.89. The average Bonchev–Trinajstić information content (AvgIpc) is 3.15. The number of hydrogen-bond donors (Lipinski definition) is 1. The molecule has 2 heterocycles. The Balaban J connectivity index is 1.94. The zero-order valence-corrected chi connectivity index (χ0v) is 13.3. The van der Waals surface area contributed by atoms with Crippen molar-refractivity contribution in [3.05, 3.63) is 70.4 Å². The van der Waals surface area contributed by atoms with Gasteiger partial charge < -0.3 is 5.32 Å². The van der Waals surface area contributed by atoms with Crippen LogP contribution < -0.4 is 5.32 Å². The van der Waals surface area contributed by atoms with Crippen LogP contribution in [0.1, 0.15) is 17.2 Å². The second kappa shape index (κ2) is 5.26. The van der Waals surface area contributed by atoms with E-state index >= 15 is 0 Å². The minimum Gasteiger partial charge on any atom is -0.309 e. The lowest BCUT2D eigenvalue weighted by atomic mass is 9.97. The highest BCUT2D eigenvalue weighted by molar-refractivity contribution is 7.17. The fourth-order valence-corrected chi connectivity index (χ4v) is 4.88. The first-order valence-electron chi connectivity index (χ1n) is 6.98. The number of rotatable bonds is 3. The molecule has 21 heavy (non-hydrogen) atoms. The van der Waals surface area contributed by atoms with Crippen LogP contribution in [0.5, 0.6) is 0 Å². The largest absolute Gasteiger partial charge is 0.309 e. The maximum atomic E-state index is 3.51. The first-order valence-corrected chi connectivity index (χ1v) is 8.74. The molecule has 0 amide bonds. The van der Waals surface area contributed by atoms with Gasteiger partial charge in [-0.25, -0.2) is 0 Å². The molecule has 4 rings (SSSR count). The summed E-state index contributed by atoms with van der Waals surface area (Å²) in [6.07, 6.45) is 0. The van der Waals surface area contributed by atoms with E-state index in [1.165, 1.54) is 31.3 Å². The molecule has 3 heteroatoms. The minimum atomic E-state index is 0.239. The Morgan fingerprint density at radius 1 is 0.905 bits per heavy atom. The van der Waals surface area contributed by atoms with Crippen molar-refractivity contribution in [2.75, 3.05) is 7.05 Å². The fraction of sp³-hybridized carbons (Fsp3) is 0.111. The zero-order chi connectivity index (χ0) is 14.2. The highest BCUT2D eigenvalue weighted by Gasteiger charge is 2.18. The van der Waals surface area contributed by atoms with Gasteiger partial charge in [0.2, 0.25) is 0 Å². The first kappa shape index (κ1) is 13.0. The average molecular weight is 309 g/mol. The van der Waals surface area contributed by atoms with Crippen LogP contribution in [0, 0.1) is 0 Å². The molecule has 0 aliphatic carbocycles. The summed E-state index contributed by atoms with van der Waals surface area (Å²) < 4.78 is 2.73. The molecule has 2 aromatic carbocycles. The molecule has 0 fully saturated rings. The Labute approximate surface area is 131 Å². The number of fused-ring (bicyclic) bond motifs is 2. The number of hydrogen-bond acceptors (Lipinski definition) is 3.